The molecule has 0 aliphatic carbocycles. The first-order valence-corrected chi connectivity index (χ1v) is 8.26. The molecule has 0 spiro atoms. The van der Waals surface area contributed by atoms with Crippen molar-refractivity contribution >= 4 is 32.7 Å². The summed E-state index contributed by atoms with van der Waals surface area (Å²) in [4.78, 5) is 21.1. The van der Waals surface area contributed by atoms with E-state index in [1.165, 1.54) is 11.3 Å². The number of benzene rings is 1. The first kappa shape index (κ1) is 15.5. The topological polar surface area (TPSA) is 71.8 Å². The third-order valence-corrected chi connectivity index (χ3v) is 4.56. The Morgan fingerprint density at radius 1 is 1.30 bits per heavy atom. The number of nitrogens with zero attached hydrogens (tertiary/aromatic N) is 3. The van der Waals surface area contributed by atoms with Gasteiger partial charge in [-0.15, -0.1) is 0 Å². The highest BCUT2D eigenvalue weighted by atomic mass is 32.1. The number of nitrogens with one attached hydrogen (secondary N) is 2. The quantitative estimate of drug-likeness (QED) is 0.769. The van der Waals surface area contributed by atoms with E-state index in [9.17, 15) is 4.79 Å². The van der Waals surface area contributed by atoms with Crippen LogP contribution in [0.5, 0.6) is 0 Å². The number of anilines is 1. The molecule has 2 heterocycles. The number of rotatable bonds is 4. The minimum atomic E-state index is -0.272. The van der Waals surface area contributed by atoms with E-state index in [2.05, 4.69) is 34.4 Å². The van der Waals surface area contributed by atoms with Gasteiger partial charge in [-0.1, -0.05) is 37.3 Å². The van der Waals surface area contributed by atoms with Gasteiger partial charge >= 0.3 is 6.03 Å². The standard InChI is InChI=1S/C16H19N5OS/c1-10(2)13(14-17-8-9-21(14)3)19-15(22)20-16-18-11-6-4-5-7-12(11)23-16/h4-10,13H,1-3H3,(H2,18,19,20,22). The van der Waals surface area contributed by atoms with Gasteiger partial charge in [0.2, 0.25) is 0 Å². The van der Waals surface area contributed by atoms with Gasteiger partial charge in [0.05, 0.1) is 16.3 Å². The number of hydrogen-bond acceptors (Lipinski definition) is 4. The van der Waals surface area contributed by atoms with Crippen molar-refractivity contribution in [2.24, 2.45) is 13.0 Å². The molecule has 1 unspecified atom stereocenters. The predicted molar refractivity (Wildman–Crippen MR) is 92.6 cm³/mol. The van der Waals surface area contributed by atoms with E-state index in [4.69, 9.17) is 0 Å². The van der Waals surface area contributed by atoms with E-state index in [0.29, 0.717) is 5.13 Å². The van der Waals surface area contributed by atoms with Crippen LogP contribution < -0.4 is 10.6 Å². The normalized spacial score (nSPS) is 12.5. The van der Waals surface area contributed by atoms with Gasteiger partial charge in [-0.3, -0.25) is 5.32 Å². The highest BCUT2D eigenvalue weighted by molar-refractivity contribution is 7.22. The Kier molecular flexibility index (Phi) is 4.29. The zero-order chi connectivity index (χ0) is 16.4. The van der Waals surface area contributed by atoms with Crippen LogP contribution in [-0.4, -0.2) is 20.6 Å². The number of carbonyl (C=O) groups is 1. The van der Waals surface area contributed by atoms with E-state index in [1.807, 2.05) is 42.1 Å². The number of amides is 2. The molecule has 2 aromatic heterocycles. The Labute approximate surface area is 138 Å². The molecule has 0 saturated heterocycles. The van der Waals surface area contributed by atoms with E-state index >= 15 is 0 Å². The lowest BCUT2D eigenvalue weighted by atomic mass is 10.0. The van der Waals surface area contributed by atoms with E-state index in [-0.39, 0.29) is 18.0 Å². The first-order valence-electron chi connectivity index (χ1n) is 7.45. The van der Waals surface area contributed by atoms with Crippen molar-refractivity contribution in [3.63, 3.8) is 0 Å². The summed E-state index contributed by atoms with van der Waals surface area (Å²) in [7, 11) is 1.92. The summed E-state index contributed by atoms with van der Waals surface area (Å²) in [6.07, 6.45) is 3.61. The second-order valence-corrected chi connectivity index (χ2v) is 6.73. The van der Waals surface area contributed by atoms with Gasteiger partial charge in [0.15, 0.2) is 5.13 Å². The fourth-order valence-electron chi connectivity index (χ4n) is 2.41. The van der Waals surface area contributed by atoms with Gasteiger partial charge < -0.3 is 9.88 Å². The average Bonchev–Trinajstić information content (AvgIpc) is 3.09. The summed E-state index contributed by atoms with van der Waals surface area (Å²) in [5.74, 6) is 1.05. The van der Waals surface area contributed by atoms with Gasteiger partial charge in [-0.05, 0) is 18.1 Å². The minimum absolute atomic E-state index is 0.163. The lowest BCUT2D eigenvalue weighted by molar-refractivity contribution is 0.243. The first-order chi connectivity index (χ1) is 11.0. The molecule has 3 rings (SSSR count). The summed E-state index contributed by atoms with van der Waals surface area (Å²) in [5, 5.41) is 6.39. The van der Waals surface area contributed by atoms with Gasteiger partial charge in [-0.25, -0.2) is 14.8 Å². The molecule has 7 heteroatoms. The molecule has 0 fully saturated rings. The molecule has 0 bridgehead atoms. The number of carbonyl (C=O) groups excluding carboxylic acids is 1. The third kappa shape index (κ3) is 3.34. The Morgan fingerprint density at radius 2 is 2.09 bits per heavy atom. The van der Waals surface area contributed by atoms with Gasteiger partial charge in [0.1, 0.15) is 5.82 Å². The zero-order valence-electron chi connectivity index (χ0n) is 13.3. The number of urea groups is 1. The van der Waals surface area contributed by atoms with Crippen molar-refractivity contribution in [1.29, 1.82) is 0 Å². The number of fused-ring (bicyclic) bond motifs is 1. The second-order valence-electron chi connectivity index (χ2n) is 5.70. The van der Waals surface area contributed by atoms with Crippen molar-refractivity contribution in [3.05, 3.63) is 42.5 Å². The molecule has 0 aliphatic rings. The minimum Gasteiger partial charge on any atom is -0.336 e. The van der Waals surface area contributed by atoms with Gasteiger partial charge in [0, 0.05) is 19.4 Å². The molecule has 0 saturated carbocycles. The molecule has 2 N–H and O–H groups in total. The van der Waals surface area contributed by atoms with E-state index < -0.39 is 0 Å². The van der Waals surface area contributed by atoms with Crippen LogP contribution in [0.3, 0.4) is 0 Å². The van der Waals surface area contributed by atoms with Crippen molar-refractivity contribution in [2.45, 2.75) is 19.9 Å². The summed E-state index contributed by atoms with van der Waals surface area (Å²) in [6, 6.07) is 7.37. The van der Waals surface area contributed by atoms with Crippen LogP contribution in [0.2, 0.25) is 0 Å². The fraction of sp³-hybridized carbons (Fsp3) is 0.312. The van der Waals surface area contributed by atoms with Crippen LogP contribution in [0.25, 0.3) is 10.2 Å². The van der Waals surface area contributed by atoms with Crippen molar-refractivity contribution in [1.82, 2.24) is 19.9 Å². The predicted octanol–water partition coefficient (Wildman–Crippen LogP) is 3.55. The fourth-order valence-corrected chi connectivity index (χ4v) is 3.27. The highest BCUT2D eigenvalue weighted by Gasteiger charge is 2.22. The molecular weight excluding hydrogens is 310 g/mol. The number of aromatic nitrogens is 3. The molecule has 3 aromatic rings. The van der Waals surface area contributed by atoms with Crippen LogP contribution in [0.15, 0.2) is 36.7 Å². The lowest BCUT2D eigenvalue weighted by Crippen LogP contribution is -2.36. The molecule has 6 nitrogen and oxygen atoms in total. The summed E-state index contributed by atoms with van der Waals surface area (Å²) in [5.41, 5.74) is 0.886. The molecular formula is C16H19N5OS. The van der Waals surface area contributed by atoms with Crippen LogP contribution in [0, 0.1) is 5.92 Å². The second kappa shape index (κ2) is 6.37. The van der Waals surface area contributed by atoms with Gasteiger partial charge in [0.25, 0.3) is 0 Å². The average molecular weight is 329 g/mol. The highest BCUT2D eigenvalue weighted by Crippen LogP contribution is 2.26. The number of thiazole rings is 1. The number of aryl methyl sites for hydroxylation is 1. The Balaban J connectivity index is 1.73. The Hall–Kier alpha value is -2.41. The summed E-state index contributed by atoms with van der Waals surface area (Å²) >= 11 is 1.46. The molecule has 2 amide bonds. The molecule has 0 radical (unpaired) electrons. The molecule has 23 heavy (non-hydrogen) atoms. The maximum atomic E-state index is 12.3. The maximum Gasteiger partial charge on any atom is 0.321 e. The monoisotopic (exact) mass is 329 g/mol. The van der Waals surface area contributed by atoms with Crippen molar-refractivity contribution < 1.29 is 4.79 Å². The number of imidazole rings is 1. The number of para-hydroxylation sites is 1. The SMILES string of the molecule is CC(C)C(NC(=O)Nc1nc2ccccc2s1)c1nccn1C. The third-order valence-electron chi connectivity index (χ3n) is 3.60. The Bertz CT molecular complexity index is 790. The summed E-state index contributed by atoms with van der Waals surface area (Å²) in [6.45, 7) is 4.11. The largest absolute Gasteiger partial charge is 0.336 e. The van der Waals surface area contributed by atoms with Crippen LogP contribution >= 0.6 is 11.3 Å². The van der Waals surface area contributed by atoms with Crippen molar-refractivity contribution in [3.8, 4) is 0 Å². The molecule has 1 atom stereocenters. The zero-order valence-corrected chi connectivity index (χ0v) is 14.1. The Morgan fingerprint density at radius 3 is 2.74 bits per heavy atom. The summed E-state index contributed by atoms with van der Waals surface area (Å²) < 4.78 is 2.97. The van der Waals surface area contributed by atoms with Gasteiger partial charge in [-0.2, -0.15) is 0 Å². The van der Waals surface area contributed by atoms with Crippen LogP contribution in [-0.2, 0) is 7.05 Å². The molecule has 0 aliphatic heterocycles. The van der Waals surface area contributed by atoms with Crippen molar-refractivity contribution in [2.75, 3.05) is 5.32 Å². The van der Waals surface area contributed by atoms with E-state index in [1.54, 1.807) is 6.20 Å². The van der Waals surface area contributed by atoms with Crippen LogP contribution in [0.4, 0.5) is 9.93 Å². The maximum absolute atomic E-state index is 12.3. The lowest BCUT2D eigenvalue weighted by Gasteiger charge is -2.21. The van der Waals surface area contributed by atoms with Crippen LogP contribution in [0.1, 0.15) is 25.7 Å². The number of hydrogen-bond donors (Lipinski definition) is 2. The van der Waals surface area contributed by atoms with E-state index in [0.717, 1.165) is 16.0 Å². The molecule has 120 valence electrons. The smallest absolute Gasteiger partial charge is 0.321 e. The molecule has 1 aromatic carbocycles.